The van der Waals surface area contributed by atoms with Crippen molar-refractivity contribution in [1.29, 1.82) is 0 Å². The summed E-state index contributed by atoms with van der Waals surface area (Å²) in [4.78, 5) is 38.4. The molecule has 2 aliphatic carbocycles. The van der Waals surface area contributed by atoms with E-state index < -0.39 is 24.2 Å². The highest BCUT2D eigenvalue weighted by atomic mass is 16.6. The zero-order chi connectivity index (χ0) is 23.7. The molecule has 2 atom stereocenters. The van der Waals surface area contributed by atoms with Crippen molar-refractivity contribution in [2.75, 3.05) is 19.8 Å². The molecule has 0 unspecified atom stereocenters. The maximum Gasteiger partial charge on any atom is 0.407 e. The van der Waals surface area contributed by atoms with Gasteiger partial charge in [0.15, 0.2) is 6.10 Å². The van der Waals surface area contributed by atoms with E-state index in [1.165, 1.54) is 0 Å². The lowest BCUT2D eigenvalue weighted by Crippen LogP contribution is -2.50. The molecule has 8 heteroatoms. The second-order valence-electron chi connectivity index (χ2n) is 9.06. The first-order valence-corrected chi connectivity index (χ1v) is 11.8. The topological polar surface area (TPSA) is 105 Å². The van der Waals surface area contributed by atoms with Crippen molar-refractivity contribution >= 4 is 18.0 Å². The standard InChI is InChI=1S/C26H28N2O6/c29-23(30)11-13-28(16-9-10-16)25(31)24-22(12-14-33-24)27-26(32)34-15-21-19-7-3-1-5-17(19)18-6-2-4-8-20(18)21/h1-8,16,21-22,24H,9-15H2,(H,27,32)(H,29,30)/t22-,24+/m0/s1. The second kappa shape index (κ2) is 9.46. The SMILES string of the molecule is O=C(O)CCN(C(=O)[C@@H]1OCC[C@@H]1NC(=O)OCC1c2ccccc2-c2ccccc21)C1CC1. The van der Waals surface area contributed by atoms with Crippen LogP contribution in [0.3, 0.4) is 0 Å². The monoisotopic (exact) mass is 464 g/mol. The summed E-state index contributed by atoms with van der Waals surface area (Å²) in [6, 6.07) is 15.8. The minimum atomic E-state index is -0.945. The number of hydrogen-bond acceptors (Lipinski definition) is 5. The van der Waals surface area contributed by atoms with E-state index in [9.17, 15) is 14.4 Å². The summed E-state index contributed by atoms with van der Waals surface area (Å²) in [5.74, 6) is -1.25. The van der Waals surface area contributed by atoms with E-state index in [0.29, 0.717) is 13.0 Å². The van der Waals surface area contributed by atoms with E-state index in [1.54, 1.807) is 4.90 Å². The number of fused-ring (bicyclic) bond motifs is 3. The van der Waals surface area contributed by atoms with E-state index in [-0.39, 0.29) is 37.4 Å². The fraction of sp³-hybridized carbons (Fsp3) is 0.423. The van der Waals surface area contributed by atoms with Gasteiger partial charge in [-0.25, -0.2) is 4.79 Å². The van der Waals surface area contributed by atoms with Crippen LogP contribution in [-0.2, 0) is 19.1 Å². The van der Waals surface area contributed by atoms with Crippen LogP contribution in [0.5, 0.6) is 0 Å². The molecule has 2 amide bonds. The van der Waals surface area contributed by atoms with Gasteiger partial charge in [0.05, 0.1) is 12.5 Å². The lowest BCUT2D eigenvalue weighted by molar-refractivity contribution is -0.144. The molecule has 0 spiro atoms. The lowest BCUT2D eigenvalue weighted by atomic mass is 9.98. The molecular weight excluding hydrogens is 436 g/mol. The highest BCUT2D eigenvalue weighted by Gasteiger charge is 2.42. The number of nitrogens with one attached hydrogen (secondary N) is 1. The Balaban J connectivity index is 1.21. The van der Waals surface area contributed by atoms with Crippen LogP contribution in [0.15, 0.2) is 48.5 Å². The van der Waals surface area contributed by atoms with Gasteiger partial charge >= 0.3 is 12.1 Å². The van der Waals surface area contributed by atoms with Gasteiger partial charge in [0, 0.05) is 25.1 Å². The Morgan fingerprint density at radius 2 is 1.65 bits per heavy atom. The smallest absolute Gasteiger partial charge is 0.407 e. The van der Waals surface area contributed by atoms with Gasteiger partial charge < -0.3 is 24.8 Å². The first kappa shape index (κ1) is 22.4. The minimum absolute atomic E-state index is 0.0446. The van der Waals surface area contributed by atoms with Gasteiger partial charge in [-0.1, -0.05) is 48.5 Å². The molecule has 2 N–H and O–H groups in total. The second-order valence-corrected chi connectivity index (χ2v) is 9.06. The Kier molecular flexibility index (Phi) is 6.24. The molecule has 8 nitrogen and oxygen atoms in total. The zero-order valence-electron chi connectivity index (χ0n) is 18.8. The van der Waals surface area contributed by atoms with Crippen molar-refractivity contribution < 1.29 is 29.0 Å². The van der Waals surface area contributed by atoms with Crippen LogP contribution in [0.4, 0.5) is 4.79 Å². The van der Waals surface area contributed by atoms with Crippen molar-refractivity contribution in [2.24, 2.45) is 0 Å². The summed E-state index contributed by atoms with van der Waals surface area (Å²) in [6.07, 6.45) is 0.705. The fourth-order valence-corrected chi connectivity index (χ4v) is 5.01. The molecule has 178 valence electrons. The molecule has 0 bridgehead atoms. The van der Waals surface area contributed by atoms with Gasteiger partial charge in [-0.3, -0.25) is 9.59 Å². The highest BCUT2D eigenvalue weighted by Crippen LogP contribution is 2.44. The summed E-state index contributed by atoms with van der Waals surface area (Å²) in [7, 11) is 0. The summed E-state index contributed by atoms with van der Waals surface area (Å²) < 4.78 is 11.3. The van der Waals surface area contributed by atoms with Gasteiger partial charge in [-0.05, 0) is 41.5 Å². The van der Waals surface area contributed by atoms with Gasteiger partial charge in [0.2, 0.25) is 0 Å². The number of carboxylic acids is 1. The molecule has 0 aromatic heterocycles. The molecule has 0 radical (unpaired) electrons. The number of hydrogen-bond donors (Lipinski definition) is 2. The Bertz CT molecular complexity index is 1050. The third-order valence-corrected chi connectivity index (χ3v) is 6.82. The Labute approximate surface area is 197 Å². The van der Waals surface area contributed by atoms with E-state index >= 15 is 0 Å². The average Bonchev–Trinajstić information content (AvgIpc) is 3.48. The lowest BCUT2D eigenvalue weighted by Gasteiger charge is -2.27. The summed E-state index contributed by atoms with van der Waals surface area (Å²) in [5, 5.41) is 11.8. The van der Waals surface area contributed by atoms with Gasteiger partial charge in [0.1, 0.15) is 6.61 Å². The average molecular weight is 465 g/mol. The third-order valence-electron chi connectivity index (χ3n) is 6.82. The van der Waals surface area contributed by atoms with Crippen LogP contribution in [0.25, 0.3) is 11.1 Å². The highest BCUT2D eigenvalue weighted by molar-refractivity contribution is 5.84. The molecular formula is C26H28N2O6. The number of carbonyl (C=O) groups excluding carboxylic acids is 2. The first-order valence-electron chi connectivity index (χ1n) is 11.8. The number of benzene rings is 2. The molecule has 2 aromatic carbocycles. The molecule has 2 aromatic rings. The van der Waals surface area contributed by atoms with Gasteiger partial charge in [-0.2, -0.15) is 0 Å². The van der Waals surface area contributed by atoms with E-state index in [2.05, 4.69) is 29.6 Å². The Morgan fingerprint density at radius 1 is 1.00 bits per heavy atom. The quantitative estimate of drug-likeness (QED) is 0.622. The van der Waals surface area contributed by atoms with E-state index in [4.69, 9.17) is 14.6 Å². The van der Waals surface area contributed by atoms with Crippen molar-refractivity contribution in [3.8, 4) is 11.1 Å². The van der Waals surface area contributed by atoms with Crippen molar-refractivity contribution in [3.63, 3.8) is 0 Å². The number of aliphatic carboxylic acids is 1. The van der Waals surface area contributed by atoms with Crippen LogP contribution < -0.4 is 5.32 Å². The molecule has 3 aliphatic rings. The number of rotatable bonds is 8. The first-order chi connectivity index (χ1) is 16.5. The molecule has 1 aliphatic heterocycles. The van der Waals surface area contributed by atoms with E-state index in [1.807, 2.05) is 24.3 Å². The number of amides is 2. The van der Waals surface area contributed by atoms with Gasteiger partial charge in [0.25, 0.3) is 5.91 Å². The maximum atomic E-state index is 13.1. The maximum absolute atomic E-state index is 13.1. The van der Waals surface area contributed by atoms with Crippen molar-refractivity contribution in [2.45, 2.75) is 49.8 Å². The van der Waals surface area contributed by atoms with Crippen LogP contribution in [0.1, 0.15) is 42.7 Å². The van der Waals surface area contributed by atoms with Crippen LogP contribution in [0, 0.1) is 0 Å². The number of ether oxygens (including phenoxy) is 2. The summed E-state index contributed by atoms with van der Waals surface area (Å²) in [6.45, 7) is 0.692. The molecule has 2 fully saturated rings. The normalized spacial score (nSPS) is 20.9. The number of carbonyl (C=O) groups is 3. The molecule has 1 heterocycles. The van der Waals surface area contributed by atoms with Crippen LogP contribution >= 0.6 is 0 Å². The predicted molar refractivity (Wildman–Crippen MR) is 123 cm³/mol. The third kappa shape index (κ3) is 4.50. The molecule has 5 rings (SSSR count). The van der Waals surface area contributed by atoms with Crippen molar-refractivity contribution in [1.82, 2.24) is 10.2 Å². The summed E-state index contributed by atoms with van der Waals surface area (Å²) in [5.41, 5.74) is 4.58. The Morgan fingerprint density at radius 3 is 2.26 bits per heavy atom. The largest absolute Gasteiger partial charge is 0.481 e. The van der Waals surface area contributed by atoms with Crippen molar-refractivity contribution in [3.05, 3.63) is 59.7 Å². The fourth-order valence-electron chi connectivity index (χ4n) is 5.01. The number of alkyl carbamates (subject to hydrolysis) is 1. The minimum Gasteiger partial charge on any atom is -0.481 e. The summed E-state index contributed by atoms with van der Waals surface area (Å²) >= 11 is 0. The molecule has 1 saturated heterocycles. The van der Waals surface area contributed by atoms with E-state index in [0.717, 1.165) is 35.1 Å². The molecule has 34 heavy (non-hydrogen) atoms. The van der Waals surface area contributed by atoms with Crippen LogP contribution in [-0.4, -0.2) is 65.9 Å². The zero-order valence-corrected chi connectivity index (χ0v) is 18.8. The van der Waals surface area contributed by atoms with Crippen LogP contribution in [0.2, 0.25) is 0 Å². The molecule has 1 saturated carbocycles. The predicted octanol–water partition coefficient (Wildman–Crippen LogP) is 3.15. The number of carboxylic acid groups (broad SMARTS) is 1. The number of nitrogens with zero attached hydrogens (tertiary/aromatic N) is 1. The Hall–Kier alpha value is -3.39. The van der Waals surface area contributed by atoms with Gasteiger partial charge in [-0.15, -0.1) is 0 Å².